The summed E-state index contributed by atoms with van der Waals surface area (Å²) in [6.07, 6.45) is 0. The van der Waals surface area contributed by atoms with Gasteiger partial charge in [-0.1, -0.05) is 0 Å². The van der Waals surface area contributed by atoms with Crippen LogP contribution in [0.1, 0.15) is 16.1 Å². The lowest BCUT2D eigenvalue weighted by molar-refractivity contribution is 0.102. The minimum Gasteiger partial charge on any atom is -0.307 e. The summed E-state index contributed by atoms with van der Waals surface area (Å²) in [6, 6.07) is 9.24. The van der Waals surface area contributed by atoms with Crippen LogP contribution in [0.15, 0.2) is 39.3 Å². The first-order valence-electron chi connectivity index (χ1n) is 5.37. The van der Waals surface area contributed by atoms with Crippen molar-refractivity contribution >= 4 is 66.2 Å². The minimum absolute atomic E-state index is 0.181. The largest absolute Gasteiger partial charge is 0.307 e. The van der Waals surface area contributed by atoms with Gasteiger partial charge in [-0.15, -0.1) is 0 Å². The van der Waals surface area contributed by atoms with E-state index in [9.17, 15) is 4.79 Å². The van der Waals surface area contributed by atoms with Crippen molar-refractivity contribution in [1.82, 2.24) is 4.98 Å². The molecule has 0 radical (unpaired) electrons. The number of benzene rings is 1. The predicted octanol–water partition coefficient (Wildman–Crippen LogP) is 4.77. The van der Waals surface area contributed by atoms with Gasteiger partial charge in [0.2, 0.25) is 0 Å². The van der Waals surface area contributed by atoms with Gasteiger partial charge < -0.3 is 5.32 Å². The van der Waals surface area contributed by atoms with Gasteiger partial charge in [-0.05, 0) is 91.7 Å². The number of anilines is 1. The van der Waals surface area contributed by atoms with E-state index in [0.717, 1.165) is 18.2 Å². The van der Waals surface area contributed by atoms with Crippen molar-refractivity contribution < 1.29 is 4.79 Å². The molecular weight excluding hydrogens is 487 g/mol. The lowest BCUT2D eigenvalue weighted by Gasteiger charge is -2.08. The van der Waals surface area contributed by atoms with E-state index in [0.29, 0.717) is 11.4 Å². The van der Waals surface area contributed by atoms with Crippen LogP contribution >= 0.6 is 54.5 Å². The molecule has 0 atom stereocenters. The molecule has 6 heteroatoms. The third-order valence-electron chi connectivity index (χ3n) is 2.44. The van der Waals surface area contributed by atoms with Gasteiger partial charge in [-0.3, -0.25) is 4.79 Å². The second-order valence-electron chi connectivity index (χ2n) is 3.84. The average molecular weight is 496 g/mol. The van der Waals surface area contributed by atoms with Crippen molar-refractivity contribution in [3.05, 3.63) is 54.1 Å². The third kappa shape index (κ3) is 3.76. The minimum atomic E-state index is -0.181. The van der Waals surface area contributed by atoms with Crippen molar-refractivity contribution in [2.24, 2.45) is 0 Å². The maximum atomic E-state index is 12.2. The highest BCUT2D eigenvalue weighted by molar-refractivity contribution is 14.1. The van der Waals surface area contributed by atoms with E-state index >= 15 is 0 Å². The third-order valence-corrected chi connectivity index (χ3v) is 4.64. The molecular formula is C13H9Br2IN2O. The number of rotatable bonds is 2. The zero-order chi connectivity index (χ0) is 14.0. The molecule has 3 nitrogen and oxygen atoms in total. The van der Waals surface area contributed by atoms with E-state index in [1.165, 1.54) is 0 Å². The van der Waals surface area contributed by atoms with Crippen LogP contribution in [0.25, 0.3) is 0 Å². The number of nitrogens with zero attached hydrogens (tertiary/aromatic N) is 1. The summed E-state index contributed by atoms with van der Waals surface area (Å²) in [5.74, 6) is 0.357. The van der Waals surface area contributed by atoms with Crippen LogP contribution in [-0.4, -0.2) is 10.9 Å². The quantitative estimate of drug-likeness (QED) is 0.610. The van der Waals surface area contributed by atoms with Crippen molar-refractivity contribution in [3.63, 3.8) is 0 Å². The van der Waals surface area contributed by atoms with Crippen LogP contribution in [0.5, 0.6) is 0 Å². The second kappa shape index (κ2) is 6.32. The number of pyridine rings is 1. The van der Waals surface area contributed by atoms with E-state index in [-0.39, 0.29) is 5.91 Å². The molecule has 0 saturated carbocycles. The molecule has 1 aromatic carbocycles. The molecule has 1 amide bonds. The Morgan fingerprint density at radius 2 is 1.89 bits per heavy atom. The van der Waals surface area contributed by atoms with Gasteiger partial charge in [-0.25, -0.2) is 4.98 Å². The first-order chi connectivity index (χ1) is 8.97. The molecule has 0 aliphatic rings. The Labute approximate surface area is 141 Å². The molecule has 1 aromatic heterocycles. The van der Waals surface area contributed by atoms with Crippen LogP contribution in [0.3, 0.4) is 0 Å². The van der Waals surface area contributed by atoms with Gasteiger partial charge >= 0.3 is 0 Å². The zero-order valence-electron chi connectivity index (χ0n) is 9.88. The number of carbonyl (C=O) groups is 1. The Bertz CT molecular complexity index is 647. The Morgan fingerprint density at radius 3 is 2.58 bits per heavy atom. The van der Waals surface area contributed by atoms with Crippen LogP contribution in [0.4, 0.5) is 5.82 Å². The Balaban J connectivity index is 2.25. The molecule has 1 N–H and O–H groups in total. The number of hydrogen-bond donors (Lipinski definition) is 1. The first kappa shape index (κ1) is 14.9. The normalized spacial score (nSPS) is 10.3. The lowest BCUT2D eigenvalue weighted by Crippen LogP contribution is -2.14. The fourth-order valence-corrected chi connectivity index (χ4v) is 2.61. The Kier molecular flexibility index (Phi) is 4.97. The summed E-state index contributed by atoms with van der Waals surface area (Å²) in [5, 5.41) is 2.79. The summed E-state index contributed by atoms with van der Waals surface area (Å²) >= 11 is 8.93. The second-order valence-corrected chi connectivity index (χ2v) is 6.80. The summed E-state index contributed by atoms with van der Waals surface area (Å²) in [6.45, 7) is 1.88. The molecule has 0 spiro atoms. The van der Waals surface area contributed by atoms with Crippen LogP contribution in [0, 0.1) is 10.5 Å². The predicted molar refractivity (Wildman–Crippen MR) is 91.5 cm³/mol. The fourth-order valence-electron chi connectivity index (χ4n) is 1.47. The number of carbonyl (C=O) groups excluding carboxylic acids is 1. The monoisotopic (exact) mass is 494 g/mol. The van der Waals surface area contributed by atoms with E-state index in [4.69, 9.17) is 0 Å². The number of nitrogens with one attached hydrogen (secondary N) is 1. The standard InChI is InChI=1S/C13H9Br2IN2O/c1-7-10(14)4-5-12(17-7)18-13(19)9-6-8(16)2-3-11(9)15/h2-6H,1H3,(H,17,18,19). The molecule has 0 bridgehead atoms. The highest BCUT2D eigenvalue weighted by atomic mass is 127. The summed E-state index contributed by atoms with van der Waals surface area (Å²) in [5.41, 5.74) is 1.42. The lowest BCUT2D eigenvalue weighted by atomic mass is 10.2. The number of halogens is 3. The van der Waals surface area contributed by atoms with Crippen LogP contribution in [0.2, 0.25) is 0 Å². The van der Waals surface area contributed by atoms with Crippen LogP contribution < -0.4 is 5.32 Å². The van der Waals surface area contributed by atoms with Crippen molar-refractivity contribution in [2.75, 3.05) is 5.32 Å². The molecule has 0 saturated heterocycles. The van der Waals surface area contributed by atoms with Gasteiger partial charge in [0, 0.05) is 12.5 Å². The van der Waals surface area contributed by atoms with E-state index in [2.05, 4.69) is 64.8 Å². The van der Waals surface area contributed by atoms with E-state index in [1.54, 1.807) is 6.07 Å². The molecule has 2 aromatic rings. The van der Waals surface area contributed by atoms with E-state index in [1.807, 2.05) is 31.2 Å². The molecule has 19 heavy (non-hydrogen) atoms. The summed E-state index contributed by atoms with van der Waals surface area (Å²) < 4.78 is 2.69. The molecule has 0 unspecified atom stereocenters. The van der Waals surface area contributed by atoms with Gasteiger partial charge in [-0.2, -0.15) is 0 Å². The summed E-state index contributed by atoms with van der Waals surface area (Å²) in [7, 11) is 0. The highest BCUT2D eigenvalue weighted by Gasteiger charge is 2.11. The highest BCUT2D eigenvalue weighted by Crippen LogP contribution is 2.21. The molecule has 0 aliphatic heterocycles. The van der Waals surface area contributed by atoms with Crippen molar-refractivity contribution in [3.8, 4) is 0 Å². The SMILES string of the molecule is Cc1nc(NC(=O)c2cc(I)ccc2Br)ccc1Br. The van der Waals surface area contributed by atoms with Gasteiger partial charge in [0.15, 0.2) is 0 Å². The summed E-state index contributed by atoms with van der Waals surface area (Å²) in [4.78, 5) is 16.5. The average Bonchev–Trinajstić information content (AvgIpc) is 2.36. The topological polar surface area (TPSA) is 42.0 Å². The van der Waals surface area contributed by atoms with Crippen molar-refractivity contribution in [1.29, 1.82) is 0 Å². The number of aromatic nitrogens is 1. The Morgan fingerprint density at radius 1 is 1.21 bits per heavy atom. The van der Waals surface area contributed by atoms with Crippen LogP contribution in [-0.2, 0) is 0 Å². The molecule has 1 heterocycles. The molecule has 98 valence electrons. The zero-order valence-corrected chi connectivity index (χ0v) is 15.2. The molecule has 2 rings (SSSR count). The molecule has 0 aliphatic carbocycles. The molecule has 0 fully saturated rings. The van der Waals surface area contributed by atoms with Gasteiger partial charge in [0.05, 0.1) is 11.3 Å². The number of hydrogen-bond acceptors (Lipinski definition) is 2. The first-order valence-corrected chi connectivity index (χ1v) is 8.03. The maximum absolute atomic E-state index is 12.2. The van der Waals surface area contributed by atoms with Gasteiger partial charge in [0.25, 0.3) is 5.91 Å². The fraction of sp³-hybridized carbons (Fsp3) is 0.0769. The smallest absolute Gasteiger partial charge is 0.257 e. The van der Waals surface area contributed by atoms with Gasteiger partial charge in [0.1, 0.15) is 5.82 Å². The van der Waals surface area contributed by atoms with Crippen molar-refractivity contribution in [2.45, 2.75) is 6.92 Å². The Hall–Kier alpha value is -0.470. The van der Waals surface area contributed by atoms with E-state index < -0.39 is 0 Å². The maximum Gasteiger partial charge on any atom is 0.257 e. The number of amides is 1. The number of aryl methyl sites for hydroxylation is 1.